The van der Waals surface area contributed by atoms with Crippen molar-refractivity contribution in [2.45, 2.75) is 52.0 Å². The molecule has 0 bridgehead atoms. The molecule has 0 N–H and O–H groups in total. The van der Waals surface area contributed by atoms with Crippen molar-refractivity contribution >= 4 is 17.3 Å². The van der Waals surface area contributed by atoms with E-state index in [2.05, 4.69) is 18.7 Å². The highest BCUT2D eigenvalue weighted by molar-refractivity contribution is 6.00. The molecule has 2 aliphatic rings. The fraction of sp³-hybridized carbons (Fsp3) is 0.632. The highest BCUT2D eigenvalue weighted by atomic mass is 16.6. The van der Waals surface area contributed by atoms with Gasteiger partial charge in [-0.3, -0.25) is 14.9 Å². The molecule has 1 atom stereocenters. The van der Waals surface area contributed by atoms with Crippen molar-refractivity contribution in [3.8, 4) is 0 Å². The van der Waals surface area contributed by atoms with Crippen LogP contribution in [0.3, 0.4) is 0 Å². The van der Waals surface area contributed by atoms with Crippen LogP contribution in [0.5, 0.6) is 0 Å². The number of nitro groups is 1. The number of anilines is 1. The standard InChI is InChI=1S/C19H27N3O3/c1-14-8-11-20(12-9-14)18-7-6-16(22(24)25)13-17(18)19(23)21-10-4-3-5-15(21)2/h6-7,13-15H,3-5,8-12H2,1-2H3. The Kier molecular flexibility index (Phi) is 5.25. The zero-order chi connectivity index (χ0) is 18.0. The average molecular weight is 345 g/mol. The number of nitrogens with zero attached hydrogens (tertiary/aromatic N) is 3. The second-order valence-electron chi connectivity index (χ2n) is 7.47. The van der Waals surface area contributed by atoms with Gasteiger partial charge in [0.25, 0.3) is 11.6 Å². The molecule has 1 amide bonds. The Hall–Kier alpha value is -2.11. The largest absolute Gasteiger partial charge is 0.371 e. The minimum atomic E-state index is -0.418. The lowest BCUT2D eigenvalue weighted by atomic mass is 9.97. The summed E-state index contributed by atoms with van der Waals surface area (Å²) >= 11 is 0. The van der Waals surface area contributed by atoms with Gasteiger partial charge in [0.15, 0.2) is 0 Å². The van der Waals surface area contributed by atoms with Gasteiger partial charge in [0, 0.05) is 37.8 Å². The molecule has 2 saturated heterocycles. The molecule has 1 unspecified atom stereocenters. The van der Waals surface area contributed by atoms with Crippen LogP contribution in [0.15, 0.2) is 18.2 Å². The molecule has 136 valence electrons. The van der Waals surface area contributed by atoms with E-state index in [4.69, 9.17) is 0 Å². The molecule has 0 radical (unpaired) electrons. The van der Waals surface area contributed by atoms with E-state index in [0.717, 1.165) is 57.4 Å². The van der Waals surface area contributed by atoms with E-state index in [1.807, 2.05) is 4.90 Å². The van der Waals surface area contributed by atoms with Gasteiger partial charge in [-0.15, -0.1) is 0 Å². The fourth-order valence-corrected chi connectivity index (χ4v) is 3.89. The lowest BCUT2D eigenvalue weighted by Gasteiger charge is -2.36. The molecule has 25 heavy (non-hydrogen) atoms. The van der Waals surface area contributed by atoms with Crippen molar-refractivity contribution in [3.63, 3.8) is 0 Å². The second-order valence-corrected chi connectivity index (χ2v) is 7.47. The first-order valence-corrected chi connectivity index (χ1v) is 9.31. The van der Waals surface area contributed by atoms with E-state index in [0.29, 0.717) is 11.5 Å². The summed E-state index contributed by atoms with van der Waals surface area (Å²) in [6.07, 6.45) is 5.31. The number of amides is 1. The third kappa shape index (κ3) is 3.78. The van der Waals surface area contributed by atoms with Gasteiger partial charge in [-0.1, -0.05) is 6.92 Å². The summed E-state index contributed by atoms with van der Waals surface area (Å²) in [6.45, 7) is 6.84. The highest BCUT2D eigenvalue weighted by Gasteiger charge is 2.29. The van der Waals surface area contributed by atoms with Gasteiger partial charge in [0.2, 0.25) is 0 Å². The molecular weight excluding hydrogens is 318 g/mol. The van der Waals surface area contributed by atoms with E-state index in [1.165, 1.54) is 12.1 Å². The molecule has 6 nitrogen and oxygen atoms in total. The van der Waals surface area contributed by atoms with Crippen molar-refractivity contribution in [1.29, 1.82) is 0 Å². The first kappa shape index (κ1) is 17.7. The number of carbonyl (C=O) groups is 1. The number of benzene rings is 1. The predicted molar refractivity (Wildman–Crippen MR) is 98.1 cm³/mol. The number of piperidine rings is 2. The third-order valence-electron chi connectivity index (χ3n) is 5.61. The molecule has 0 spiro atoms. The van der Waals surface area contributed by atoms with Crippen LogP contribution >= 0.6 is 0 Å². The van der Waals surface area contributed by atoms with Gasteiger partial charge in [0.05, 0.1) is 16.2 Å². The normalized spacial score (nSPS) is 22.1. The number of nitro benzene ring substituents is 1. The second kappa shape index (κ2) is 7.42. The van der Waals surface area contributed by atoms with E-state index in [9.17, 15) is 14.9 Å². The van der Waals surface area contributed by atoms with Crippen LogP contribution in [-0.4, -0.2) is 41.4 Å². The summed E-state index contributed by atoms with van der Waals surface area (Å²) in [7, 11) is 0. The number of hydrogen-bond acceptors (Lipinski definition) is 4. The summed E-state index contributed by atoms with van der Waals surface area (Å²) in [5.41, 5.74) is 1.32. The van der Waals surface area contributed by atoms with E-state index in [-0.39, 0.29) is 17.6 Å². The van der Waals surface area contributed by atoms with Crippen LogP contribution in [0, 0.1) is 16.0 Å². The van der Waals surface area contributed by atoms with Crippen molar-refractivity contribution < 1.29 is 9.72 Å². The fourth-order valence-electron chi connectivity index (χ4n) is 3.89. The highest BCUT2D eigenvalue weighted by Crippen LogP contribution is 2.31. The van der Waals surface area contributed by atoms with Gasteiger partial charge < -0.3 is 9.80 Å². The molecule has 0 saturated carbocycles. The summed E-state index contributed by atoms with van der Waals surface area (Å²) in [6, 6.07) is 4.94. The molecule has 3 rings (SSSR count). The van der Waals surface area contributed by atoms with E-state index >= 15 is 0 Å². The lowest BCUT2D eigenvalue weighted by Crippen LogP contribution is -2.43. The summed E-state index contributed by atoms with van der Waals surface area (Å²) in [5, 5.41) is 11.2. The van der Waals surface area contributed by atoms with E-state index < -0.39 is 4.92 Å². The van der Waals surface area contributed by atoms with Gasteiger partial charge in [-0.05, 0) is 51.0 Å². The Balaban J connectivity index is 1.95. The Labute approximate surface area is 148 Å². The quantitative estimate of drug-likeness (QED) is 0.616. The Bertz CT molecular complexity index is 653. The Morgan fingerprint density at radius 2 is 1.84 bits per heavy atom. The first-order chi connectivity index (χ1) is 12.0. The summed E-state index contributed by atoms with van der Waals surface area (Å²) in [4.78, 5) is 28.1. The molecule has 6 heteroatoms. The number of rotatable bonds is 3. The van der Waals surface area contributed by atoms with Crippen LogP contribution in [0.2, 0.25) is 0 Å². The van der Waals surface area contributed by atoms with Crippen molar-refractivity contribution in [2.24, 2.45) is 5.92 Å². The van der Waals surface area contributed by atoms with Crippen LogP contribution in [0.1, 0.15) is 56.3 Å². The number of non-ortho nitro benzene ring substituents is 1. The maximum atomic E-state index is 13.2. The van der Waals surface area contributed by atoms with Crippen molar-refractivity contribution in [3.05, 3.63) is 33.9 Å². The third-order valence-corrected chi connectivity index (χ3v) is 5.61. The molecule has 0 aromatic heterocycles. The minimum Gasteiger partial charge on any atom is -0.371 e. The molecule has 1 aromatic carbocycles. The maximum absolute atomic E-state index is 13.2. The number of carbonyl (C=O) groups excluding carboxylic acids is 1. The molecule has 2 fully saturated rings. The van der Waals surface area contributed by atoms with Gasteiger partial charge >= 0.3 is 0 Å². The van der Waals surface area contributed by atoms with Crippen LogP contribution in [0.25, 0.3) is 0 Å². The number of likely N-dealkylation sites (tertiary alicyclic amines) is 1. The summed E-state index contributed by atoms with van der Waals surface area (Å²) < 4.78 is 0. The smallest absolute Gasteiger partial charge is 0.270 e. The van der Waals surface area contributed by atoms with Crippen LogP contribution in [-0.2, 0) is 0 Å². The Morgan fingerprint density at radius 1 is 1.12 bits per heavy atom. The van der Waals surface area contributed by atoms with Crippen LogP contribution < -0.4 is 4.90 Å². The van der Waals surface area contributed by atoms with E-state index in [1.54, 1.807) is 6.07 Å². The van der Waals surface area contributed by atoms with Crippen molar-refractivity contribution in [1.82, 2.24) is 4.90 Å². The molecule has 1 aromatic rings. The van der Waals surface area contributed by atoms with Gasteiger partial charge in [-0.25, -0.2) is 0 Å². The van der Waals surface area contributed by atoms with Gasteiger partial charge in [0.1, 0.15) is 0 Å². The summed E-state index contributed by atoms with van der Waals surface area (Å²) in [5.74, 6) is 0.625. The monoisotopic (exact) mass is 345 g/mol. The average Bonchev–Trinajstić information content (AvgIpc) is 2.62. The zero-order valence-corrected chi connectivity index (χ0v) is 15.1. The first-order valence-electron chi connectivity index (χ1n) is 9.31. The zero-order valence-electron chi connectivity index (χ0n) is 15.1. The van der Waals surface area contributed by atoms with Crippen LogP contribution in [0.4, 0.5) is 11.4 Å². The SMILES string of the molecule is CC1CCN(c2ccc([N+](=O)[O-])cc2C(=O)N2CCCCC2C)CC1. The molecule has 2 aliphatic heterocycles. The maximum Gasteiger partial charge on any atom is 0.270 e. The molecular formula is C19H27N3O3. The molecule has 2 heterocycles. The lowest BCUT2D eigenvalue weighted by molar-refractivity contribution is -0.384. The van der Waals surface area contributed by atoms with Gasteiger partial charge in [-0.2, -0.15) is 0 Å². The van der Waals surface area contributed by atoms with Crippen molar-refractivity contribution in [2.75, 3.05) is 24.5 Å². The predicted octanol–water partition coefficient (Wildman–Crippen LogP) is 3.85. The number of hydrogen-bond donors (Lipinski definition) is 0. The minimum absolute atomic E-state index is 0.0119. The topological polar surface area (TPSA) is 66.7 Å². The Morgan fingerprint density at radius 3 is 2.48 bits per heavy atom. The molecule has 0 aliphatic carbocycles.